The third-order valence-electron chi connectivity index (χ3n) is 5.25. The number of thiocarbonyl (C=S) groups is 1. The van der Waals surface area contributed by atoms with Gasteiger partial charge >= 0.3 is 23.9 Å². The Kier molecular flexibility index (Phi) is 9.10. The van der Waals surface area contributed by atoms with Crippen LogP contribution in [0.25, 0.3) is 5.57 Å². The van der Waals surface area contributed by atoms with E-state index in [4.69, 9.17) is 40.3 Å². The molecule has 0 aromatic carbocycles. The van der Waals surface area contributed by atoms with Crippen LogP contribution in [0.4, 0.5) is 0 Å². The van der Waals surface area contributed by atoms with E-state index >= 15 is 0 Å². The molecule has 0 bridgehead atoms. The largest absolute Gasteiger partial charge is 0.465 e. The molecule has 37 heavy (non-hydrogen) atoms. The van der Waals surface area contributed by atoms with Gasteiger partial charge in [-0.15, -0.1) is 0 Å². The first-order chi connectivity index (χ1) is 17.4. The lowest BCUT2D eigenvalue weighted by molar-refractivity contribution is -0.268. The van der Waals surface area contributed by atoms with Crippen LogP contribution in [0.1, 0.15) is 40.4 Å². The van der Waals surface area contributed by atoms with Crippen LogP contribution in [0.5, 0.6) is 0 Å². The molecular formula is C23H25NO11S2. The van der Waals surface area contributed by atoms with Crippen molar-refractivity contribution in [3.63, 3.8) is 0 Å². The van der Waals surface area contributed by atoms with Crippen LogP contribution >= 0.6 is 24.0 Å². The fourth-order valence-corrected chi connectivity index (χ4v) is 5.18. The Labute approximate surface area is 221 Å². The van der Waals surface area contributed by atoms with Gasteiger partial charge in [0, 0.05) is 33.3 Å². The number of allylic oxidation sites excluding steroid dienone is 1. The van der Waals surface area contributed by atoms with Crippen molar-refractivity contribution in [2.75, 3.05) is 6.61 Å². The zero-order valence-corrected chi connectivity index (χ0v) is 22.2. The van der Waals surface area contributed by atoms with E-state index in [0.717, 1.165) is 44.4 Å². The van der Waals surface area contributed by atoms with Crippen LogP contribution in [0.3, 0.4) is 0 Å². The zero-order chi connectivity index (χ0) is 27.4. The van der Waals surface area contributed by atoms with Crippen LogP contribution in [-0.2, 0) is 47.7 Å². The number of thioether (sulfide) groups is 1. The Morgan fingerprint density at radius 3 is 2.08 bits per heavy atom. The SMILES string of the molecule is CC(=O)OCC1OC(N2C(=O)/C(=C(/C)c3ccco3)SC2=S)C(OC(C)=O)C(OC(C)=O)C1OC(C)=O. The van der Waals surface area contributed by atoms with Crippen LogP contribution < -0.4 is 0 Å². The number of carbonyl (C=O) groups is 5. The highest BCUT2D eigenvalue weighted by atomic mass is 32.2. The molecule has 2 aliphatic heterocycles. The molecule has 2 fully saturated rings. The van der Waals surface area contributed by atoms with Crippen molar-refractivity contribution in [2.24, 2.45) is 0 Å². The van der Waals surface area contributed by atoms with E-state index in [2.05, 4.69) is 0 Å². The molecule has 1 aromatic rings. The molecule has 0 radical (unpaired) electrons. The van der Waals surface area contributed by atoms with Crippen molar-refractivity contribution in [3.05, 3.63) is 29.1 Å². The Hall–Kier alpha value is -3.23. The molecule has 1 amide bonds. The summed E-state index contributed by atoms with van der Waals surface area (Å²) in [5.41, 5.74) is 0.510. The van der Waals surface area contributed by atoms with Gasteiger partial charge in [-0.1, -0.05) is 24.0 Å². The summed E-state index contributed by atoms with van der Waals surface area (Å²) in [4.78, 5) is 62.4. The minimum absolute atomic E-state index is 0.0619. The molecule has 0 spiro atoms. The fraction of sp³-hybridized carbons (Fsp3) is 0.478. The normalized spacial score (nSPS) is 26.9. The highest BCUT2D eigenvalue weighted by Crippen LogP contribution is 2.41. The summed E-state index contributed by atoms with van der Waals surface area (Å²) in [7, 11) is 0. The molecule has 3 heterocycles. The van der Waals surface area contributed by atoms with Crippen molar-refractivity contribution in [1.82, 2.24) is 4.90 Å². The molecular weight excluding hydrogens is 530 g/mol. The first-order valence-corrected chi connectivity index (χ1v) is 12.2. The Bertz CT molecular complexity index is 1130. The van der Waals surface area contributed by atoms with Gasteiger partial charge in [0.05, 0.1) is 11.2 Å². The smallest absolute Gasteiger partial charge is 0.303 e. The minimum Gasteiger partial charge on any atom is -0.465 e. The maximum Gasteiger partial charge on any atom is 0.303 e. The molecule has 3 rings (SSSR count). The summed E-state index contributed by atoms with van der Waals surface area (Å²) in [6.07, 6.45) is -5.41. The number of furan rings is 1. The minimum atomic E-state index is -1.45. The molecule has 2 saturated heterocycles. The number of nitrogens with zero attached hydrogens (tertiary/aromatic N) is 1. The standard InChI is InChI=1S/C23H25NO11S2/c1-10(15-7-6-8-30-15)20-21(29)24(23(36)37-20)22-19(34-14(5)28)18(33-13(4)27)17(32-12(3)26)16(35-22)9-31-11(2)25/h6-8,16-19,22H,9H2,1-5H3/b20-10+. The van der Waals surface area contributed by atoms with Gasteiger partial charge in [-0.2, -0.15) is 0 Å². The second-order valence-corrected chi connectivity index (χ2v) is 9.71. The number of rotatable bonds is 7. The van der Waals surface area contributed by atoms with E-state index in [9.17, 15) is 24.0 Å². The Morgan fingerprint density at radius 1 is 0.946 bits per heavy atom. The molecule has 14 heteroatoms. The number of amides is 1. The molecule has 5 unspecified atom stereocenters. The monoisotopic (exact) mass is 555 g/mol. The summed E-state index contributed by atoms with van der Waals surface area (Å²) in [6.45, 7) is 5.75. The summed E-state index contributed by atoms with van der Waals surface area (Å²) >= 11 is 6.44. The van der Waals surface area contributed by atoms with Gasteiger partial charge < -0.3 is 28.1 Å². The van der Waals surface area contributed by atoms with Gasteiger partial charge in [-0.25, -0.2) is 0 Å². The van der Waals surface area contributed by atoms with Crippen molar-refractivity contribution in [1.29, 1.82) is 0 Å². The average molecular weight is 556 g/mol. The van der Waals surface area contributed by atoms with Gasteiger partial charge in [0.25, 0.3) is 5.91 Å². The maximum atomic E-state index is 13.6. The molecule has 12 nitrogen and oxygen atoms in total. The molecule has 1 aromatic heterocycles. The number of esters is 4. The van der Waals surface area contributed by atoms with Gasteiger partial charge in [0.15, 0.2) is 28.9 Å². The highest BCUT2D eigenvalue weighted by Gasteiger charge is 2.56. The second kappa shape index (κ2) is 11.9. The third kappa shape index (κ3) is 6.56. The molecule has 200 valence electrons. The summed E-state index contributed by atoms with van der Waals surface area (Å²) in [5, 5.41) is 0. The molecule has 2 aliphatic rings. The van der Waals surface area contributed by atoms with Crippen LogP contribution in [0, 0.1) is 0 Å². The molecule has 0 aliphatic carbocycles. The third-order valence-corrected chi connectivity index (χ3v) is 6.75. The predicted octanol–water partition coefficient (Wildman–Crippen LogP) is 1.95. The first-order valence-electron chi connectivity index (χ1n) is 11.0. The lowest BCUT2D eigenvalue weighted by atomic mass is 9.96. The summed E-state index contributed by atoms with van der Waals surface area (Å²) in [5.74, 6) is -3.13. The van der Waals surface area contributed by atoms with Gasteiger partial charge in [-0.05, 0) is 19.1 Å². The average Bonchev–Trinajstić information content (AvgIpc) is 3.42. The molecule has 5 atom stereocenters. The first kappa shape index (κ1) is 28.3. The lowest BCUT2D eigenvalue weighted by Crippen LogP contribution is -2.66. The molecule has 0 N–H and O–H groups in total. The number of hydrogen-bond donors (Lipinski definition) is 0. The van der Waals surface area contributed by atoms with E-state index in [0.29, 0.717) is 11.3 Å². The van der Waals surface area contributed by atoms with E-state index in [-0.39, 0.29) is 9.23 Å². The predicted molar refractivity (Wildman–Crippen MR) is 130 cm³/mol. The Morgan fingerprint density at radius 2 is 1.54 bits per heavy atom. The Balaban J connectivity index is 2.08. The van der Waals surface area contributed by atoms with Crippen molar-refractivity contribution >= 4 is 63.7 Å². The van der Waals surface area contributed by atoms with Crippen molar-refractivity contribution in [3.8, 4) is 0 Å². The topological polar surface area (TPSA) is 148 Å². The fourth-order valence-electron chi connectivity index (χ4n) is 3.85. The van der Waals surface area contributed by atoms with E-state index in [1.54, 1.807) is 19.1 Å². The second-order valence-electron chi connectivity index (χ2n) is 8.06. The van der Waals surface area contributed by atoms with E-state index < -0.39 is 67.0 Å². The van der Waals surface area contributed by atoms with E-state index in [1.807, 2.05) is 0 Å². The van der Waals surface area contributed by atoms with Crippen molar-refractivity contribution < 1.29 is 52.1 Å². The van der Waals surface area contributed by atoms with Crippen molar-refractivity contribution in [2.45, 2.75) is 65.3 Å². The zero-order valence-electron chi connectivity index (χ0n) is 20.6. The van der Waals surface area contributed by atoms with Crippen LogP contribution in [0.15, 0.2) is 27.7 Å². The highest BCUT2D eigenvalue weighted by molar-refractivity contribution is 8.26. The van der Waals surface area contributed by atoms with Crippen LogP contribution in [0.2, 0.25) is 0 Å². The maximum absolute atomic E-state index is 13.6. The summed E-state index contributed by atoms with van der Waals surface area (Å²) < 4.78 is 32.8. The van der Waals surface area contributed by atoms with Gasteiger partial charge in [0.2, 0.25) is 0 Å². The number of hydrogen-bond acceptors (Lipinski definition) is 13. The van der Waals surface area contributed by atoms with E-state index in [1.165, 1.54) is 6.26 Å². The number of carbonyl (C=O) groups excluding carboxylic acids is 5. The van der Waals surface area contributed by atoms with Gasteiger partial charge in [0.1, 0.15) is 18.5 Å². The lowest BCUT2D eigenvalue weighted by Gasteiger charge is -2.46. The molecule has 0 saturated carbocycles. The quantitative estimate of drug-likeness (QED) is 0.209. The summed E-state index contributed by atoms with van der Waals surface area (Å²) in [6, 6.07) is 3.34. The van der Waals surface area contributed by atoms with Crippen LogP contribution in [-0.4, -0.2) is 76.3 Å². The van der Waals surface area contributed by atoms with Gasteiger partial charge in [-0.3, -0.25) is 28.9 Å². The number of ether oxygens (including phenoxy) is 5.